The van der Waals surface area contributed by atoms with Crippen LogP contribution in [0, 0.1) is 17.2 Å². The van der Waals surface area contributed by atoms with Crippen LogP contribution in [0.5, 0.6) is 0 Å². The van der Waals surface area contributed by atoms with Gasteiger partial charge in [-0.1, -0.05) is 25.1 Å². The number of carbonyl (C=O) groups is 1. The molecule has 2 N–H and O–H groups in total. The topological polar surface area (TPSA) is 76.4 Å². The summed E-state index contributed by atoms with van der Waals surface area (Å²) in [7, 11) is 3.99. The number of anilines is 1. The predicted octanol–water partition coefficient (Wildman–Crippen LogP) is 2.56. The van der Waals surface area contributed by atoms with Gasteiger partial charge < -0.3 is 15.3 Å². The van der Waals surface area contributed by atoms with Gasteiger partial charge in [0.1, 0.15) is 11.6 Å². The van der Waals surface area contributed by atoms with Gasteiger partial charge in [0.25, 0.3) is 5.91 Å². The fraction of sp³-hybridized carbons (Fsp3) is 0.300. The Morgan fingerprint density at radius 1 is 1.28 bits per heavy atom. The second-order valence-electron chi connectivity index (χ2n) is 6.35. The summed E-state index contributed by atoms with van der Waals surface area (Å²) >= 11 is 0. The number of nitrogens with one attached hydrogen (secondary N) is 1. The number of hydrogen-bond acceptors (Lipinski definition) is 4. The van der Waals surface area contributed by atoms with E-state index in [9.17, 15) is 10.1 Å². The second kappa shape index (κ2) is 8.32. The molecule has 2 aromatic rings. The molecule has 0 aliphatic rings. The number of fused-ring (bicyclic) bond motifs is 1. The molecule has 5 heteroatoms. The maximum absolute atomic E-state index is 12.1. The molecule has 0 radical (unpaired) electrons. The molecule has 0 spiro atoms. The van der Waals surface area contributed by atoms with Gasteiger partial charge in [-0.25, -0.2) is 0 Å². The molecule has 0 aliphatic heterocycles. The molecule has 2 rings (SSSR count). The molecule has 0 aliphatic carbocycles. The SMILES string of the molecule is CC(CO)CNC(=O)/C(C#N)=C/c1ccc2cc(N(C)C)ccc2c1. The van der Waals surface area contributed by atoms with Crippen molar-refractivity contribution < 1.29 is 9.90 Å². The molecular weight excluding hydrogens is 314 g/mol. The molecule has 1 unspecified atom stereocenters. The number of carbonyl (C=O) groups excluding carboxylic acids is 1. The summed E-state index contributed by atoms with van der Waals surface area (Å²) < 4.78 is 0. The van der Waals surface area contributed by atoms with Gasteiger partial charge in [-0.3, -0.25) is 4.79 Å². The van der Waals surface area contributed by atoms with Crippen LogP contribution in [0.15, 0.2) is 42.0 Å². The fourth-order valence-electron chi connectivity index (χ4n) is 2.36. The minimum absolute atomic E-state index is 0.00844. The number of amides is 1. The number of rotatable bonds is 6. The van der Waals surface area contributed by atoms with Gasteiger partial charge in [0.05, 0.1) is 0 Å². The third kappa shape index (κ3) is 4.82. The highest BCUT2D eigenvalue weighted by molar-refractivity contribution is 6.02. The van der Waals surface area contributed by atoms with Crippen LogP contribution in [0.3, 0.4) is 0 Å². The molecule has 25 heavy (non-hydrogen) atoms. The van der Waals surface area contributed by atoms with Gasteiger partial charge in [-0.05, 0) is 46.5 Å². The third-order valence-corrected chi connectivity index (χ3v) is 3.96. The highest BCUT2D eigenvalue weighted by Gasteiger charge is 2.10. The Labute approximate surface area is 148 Å². The van der Waals surface area contributed by atoms with E-state index in [2.05, 4.69) is 11.4 Å². The van der Waals surface area contributed by atoms with E-state index >= 15 is 0 Å². The average molecular weight is 337 g/mol. The van der Waals surface area contributed by atoms with Crippen LogP contribution < -0.4 is 10.2 Å². The third-order valence-electron chi connectivity index (χ3n) is 3.96. The van der Waals surface area contributed by atoms with Crippen LogP contribution >= 0.6 is 0 Å². The lowest BCUT2D eigenvalue weighted by Gasteiger charge is -2.13. The van der Waals surface area contributed by atoms with Crippen LogP contribution in [-0.4, -0.2) is 38.3 Å². The van der Waals surface area contributed by atoms with Crippen molar-refractivity contribution in [2.45, 2.75) is 6.92 Å². The predicted molar refractivity (Wildman–Crippen MR) is 101 cm³/mol. The molecule has 1 amide bonds. The van der Waals surface area contributed by atoms with Gasteiger partial charge in [0.15, 0.2) is 0 Å². The quantitative estimate of drug-likeness (QED) is 0.627. The molecule has 5 nitrogen and oxygen atoms in total. The number of nitrogens with zero attached hydrogens (tertiary/aromatic N) is 2. The normalized spacial score (nSPS) is 12.5. The Bertz CT molecular complexity index is 834. The van der Waals surface area contributed by atoms with Crippen LogP contribution in [0.4, 0.5) is 5.69 Å². The number of nitriles is 1. The zero-order valence-electron chi connectivity index (χ0n) is 14.8. The summed E-state index contributed by atoms with van der Waals surface area (Å²) in [6, 6.07) is 13.9. The Hall–Kier alpha value is -2.84. The van der Waals surface area contributed by atoms with Crippen molar-refractivity contribution in [2.75, 3.05) is 32.1 Å². The van der Waals surface area contributed by atoms with E-state index < -0.39 is 5.91 Å². The highest BCUT2D eigenvalue weighted by atomic mass is 16.3. The van der Waals surface area contributed by atoms with E-state index in [0.29, 0.717) is 6.54 Å². The molecule has 2 aromatic carbocycles. The summed E-state index contributed by atoms with van der Waals surface area (Å²) in [5.74, 6) is -0.471. The Morgan fingerprint density at radius 2 is 1.96 bits per heavy atom. The van der Waals surface area contributed by atoms with Crippen molar-refractivity contribution in [1.29, 1.82) is 5.26 Å². The van der Waals surface area contributed by atoms with Crippen molar-refractivity contribution >= 4 is 28.4 Å². The zero-order chi connectivity index (χ0) is 18.4. The second-order valence-corrected chi connectivity index (χ2v) is 6.35. The summed E-state index contributed by atoms with van der Waals surface area (Å²) in [6.07, 6.45) is 1.58. The minimum atomic E-state index is -0.425. The molecule has 1 atom stereocenters. The first-order valence-corrected chi connectivity index (χ1v) is 8.16. The van der Waals surface area contributed by atoms with Crippen molar-refractivity contribution in [3.63, 3.8) is 0 Å². The first-order chi connectivity index (χ1) is 11.9. The molecule has 0 aromatic heterocycles. The Kier molecular flexibility index (Phi) is 6.15. The van der Waals surface area contributed by atoms with Gasteiger partial charge in [0.2, 0.25) is 0 Å². The van der Waals surface area contributed by atoms with E-state index in [4.69, 9.17) is 5.11 Å². The van der Waals surface area contributed by atoms with Gasteiger partial charge in [-0.15, -0.1) is 0 Å². The van der Waals surface area contributed by atoms with Crippen LogP contribution in [0.1, 0.15) is 12.5 Å². The summed E-state index contributed by atoms with van der Waals surface area (Å²) in [6.45, 7) is 2.15. The summed E-state index contributed by atoms with van der Waals surface area (Å²) in [4.78, 5) is 14.1. The van der Waals surface area contributed by atoms with E-state index in [0.717, 1.165) is 22.0 Å². The lowest BCUT2D eigenvalue weighted by atomic mass is 10.0. The molecule has 0 heterocycles. The van der Waals surface area contributed by atoms with E-state index in [1.807, 2.05) is 62.3 Å². The van der Waals surface area contributed by atoms with Crippen molar-refractivity contribution in [1.82, 2.24) is 5.32 Å². The van der Waals surface area contributed by atoms with E-state index in [-0.39, 0.29) is 18.1 Å². The first-order valence-electron chi connectivity index (χ1n) is 8.16. The van der Waals surface area contributed by atoms with Gasteiger partial charge in [0, 0.05) is 32.9 Å². The van der Waals surface area contributed by atoms with Crippen LogP contribution in [0.2, 0.25) is 0 Å². The lowest BCUT2D eigenvalue weighted by molar-refractivity contribution is -0.117. The van der Waals surface area contributed by atoms with Crippen LogP contribution in [0.25, 0.3) is 16.8 Å². The smallest absolute Gasteiger partial charge is 0.261 e. The largest absolute Gasteiger partial charge is 0.396 e. The van der Waals surface area contributed by atoms with Gasteiger partial charge in [-0.2, -0.15) is 5.26 Å². The summed E-state index contributed by atoms with van der Waals surface area (Å²) in [5.41, 5.74) is 1.97. The van der Waals surface area contributed by atoms with Gasteiger partial charge >= 0.3 is 0 Å². The van der Waals surface area contributed by atoms with Crippen molar-refractivity contribution in [2.24, 2.45) is 5.92 Å². The number of benzene rings is 2. The minimum Gasteiger partial charge on any atom is -0.396 e. The van der Waals surface area contributed by atoms with E-state index in [1.165, 1.54) is 0 Å². The molecule has 0 saturated carbocycles. The molecule has 0 bridgehead atoms. The van der Waals surface area contributed by atoms with Crippen molar-refractivity contribution in [3.8, 4) is 6.07 Å². The maximum atomic E-state index is 12.1. The van der Waals surface area contributed by atoms with Crippen LogP contribution in [-0.2, 0) is 4.79 Å². The molecule has 130 valence electrons. The number of aliphatic hydroxyl groups is 1. The van der Waals surface area contributed by atoms with Crippen molar-refractivity contribution in [3.05, 3.63) is 47.5 Å². The Balaban J connectivity index is 2.24. The standard InChI is InChI=1S/C20H23N3O2/c1-14(13-24)12-22-20(25)18(11-21)9-15-4-5-17-10-19(23(2)3)7-6-16(17)8-15/h4-10,14,24H,12-13H2,1-3H3,(H,22,25)/b18-9+. The van der Waals surface area contributed by atoms with E-state index in [1.54, 1.807) is 6.08 Å². The fourth-order valence-corrected chi connectivity index (χ4v) is 2.36. The monoisotopic (exact) mass is 337 g/mol. The highest BCUT2D eigenvalue weighted by Crippen LogP contribution is 2.23. The zero-order valence-corrected chi connectivity index (χ0v) is 14.8. The lowest BCUT2D eigenvalue weighted by Crippen LogP contribution is -2.30. The summed E-state index contributed by atoms with van der Waals surface area (Å²) in [5, 5.41) is 23.1. The first kappa shape index (κ1) is 18.5. The maximum Gasteiger partial charge on any atom is 0.261 e. The molecule has 0 saturated heterocycles. The Morgan fingerprint density at radius 3 is 2.60 bits per heavy atom. The molecular formula is C20H23N3O2. The number of hydrogen-bond donors (Lipinski definition) is 2. The molecule has 0 fully saturated rings. The average Bonchev–Trinajstić information content (AvgIpc) is 2.63. The number of aliphatic hydroxyl groups excluding tert-OH is 1.